The van der Waals surface area contributed by atoms with E-state index in [1.54, 1.807) is 61.8 Å². The van der Waals surface area contributed by atoms with Crippen molar-refractivity contribution in [2.45, 2.75) is 6.54 Å². The van der Waals surface area contributed by atoms with Crippen molar-refractivity contribution in [2.24, 2.45) is 0 Å². The third-order valence-corrected chi connectivity index (χ3v) is 4.45. The maximum atomic E-state index is 12.8. The SMILES string of the molecule is CN(Cc1ccco1)C(=O)c1ccccc1OCC(=O)Nc1ccc(Br)cc1. The molecule has 1 aromatic heterocycles. The number of nitrogens with one attached hydrogen (secondary N) is 1. The minimum absolute atomic E-state index is 0.206. The van der Waals surface area contributed by atoms with Crippen molar-refractivity contribution in [3.63, 3.8) is 0 Å². The summed E-state index contributed by atoms with van der Waals surface area (Å²) in [6, 6.07) is 17.6. The lowest BCUT2D eigenvalue weighted by Gasteiger charge is -2.18. The van der Waals surface area contributed by atoms with Gasteiger partial charge in [0.05, 0.1) is 18.4 Å². The largest absolute Gasteiger partial charge is 0.483 e. The van der Waals surface area contributed by atoms with Gasteiger partial charge in [-0.2, -0.15) is 0 Å². The number of anilines is 1. The van der Waals surface area contributed by atoms with E-state index in [0.29, 0.717) is 29.3 Å². The van der Waals surface area contributed by atoms with Gasteiger partial charge in [-0.1, -0.05) is 28.1 Å². The molecular weight excluding hydrogens is 424 g/mol. The maximum absolute atomic E-state index is 12.8. The number of hydrogen-bond donors (Lipinski definition) is 1. The topological polar surface area (TPSA) is 71.8 Å². The number of benzene rings is 2. The van der Waals surface area contributed by atoms with E-state index in [9.17, 15) is 9.59 Å². The molecule has 1 N–H and O–H groups in total. The van der Waals surface area contributed by atoms with Crippen LogP contribution in [0.5, 0.6) is 5.75 Å². The van der Waals surface area contributed by atoms with Crippen molar-refractivity contribution in [1.82, 2.24) is 4.90 Å². The second-order valence-corrected chi connectivity index (χ2v) is 7.00. The van der Waals surface area contributed by atoms with E-state index in [-0.39, 0.29) is 18.4 Å². The Hall–Kier alpha value is -3.06. The number of carbonyl (C=O) groups excluding carboxylic acids is 2. The maximum Gasteiger partial charge on any atom is 0.262 e. The second kappa shape index (κ2) is 9.23. The van der Waals surface area contributed by atoms with Crippen LogP contribution in [-0.2, 0) is 11.3 Å². The van der Waals surface area contributed by atoms with Gasteiger partial charge in [0.1, 0.15) is 11.5 Å². The lowest BCUT2D eigenvalue weighted by atomic mass is 10.1. The van der Waals surface area contributed by atoms with E-state index < -0.39 is 0 Å². The van der Waals surface area contributed by atoms with Crippen LogP contribution in [0.1, 0.15) is 16.1 Å². The molecule has 0 aliphatic heterocycles. The van der Waals surface area contributed by atoms with Gasteiger partial charge < -0.3 is 19.4 Å². The van der Waals surface area contributed by atoms with Crippen molar-refractivity contribution in [3.05, 3.63) is 82.7 Å². The minimum atomic E-state index is -0.312. The summed E-state index contributed by atoms with van der Waals surface area (Å²) in [6.45, 7) is 0.131. The Morgan fingerprint density at radius 1 is 1.07 bits per heavy atom. The molecule has 2 aromatic carbocycles. The zero-order chi connectivity index (χ0) is 19.9. The Bertz CT molecular complexity index is 939. The van der Waals surface area contributed by atoms with Crippen molar-refractivity contribution in [1.29, 1.82) is 0 Å². The van der Waals surface area contributed by atoms with Crippen LogP contribution in [0, 0.1) is 0 Å². The van der Waals surface area contributed by atoms with Crippen LogP contribution in [-0.4, -0.2) is 30.4 Å². The summed E-state index contributed by atoms with van der Waals surface area (Å²) < 4.78 is 11.8. The van der Waals surface area contributed by atoms with Gasteiger partial charge >= 0.3 is 0 Å². The number of carbonyl (C=O) groups is 2. The van der Waals surface area contributed by atoms with E-state index >= 15 is 0 Å². The molecular formula is C21H19BrN2O4. The fourth-order valence-corrected chi connectivity index (χ4v) is 2.82. The lowest BCUT2D eigenvalue weighted by Crippen LogP contribution is -2.27. The Labute approximate surface area is 171 Å². The zero-order valence-electron chi connectivity index (χ0n) is 15.2. The molecule has 6 nitrogen and oxygen atoms in total. The lowest BCUT2D eigenvalue weighted by molar-refractivity contribution is -0.118. The number of nitrogens with zero attached hydrogens (tertiary/aromatic N) is 1. The van der Waals surface area contributed by atoms with Crippen LogP contribution in [0.25, 0.3) is 0 Å². The molecule has 3 rings (SSSR count). The van der Waals surface area contributed by atoms with Crippen molar-refractivity contribution in [2.75, 3.05) is 19.0 Å². The van der Waals surface area contributed by atoms with Gasteiger partial charge in [-0.15, -0.1) is 0 Å². The molecule has 7 heteroatoms. The van der Waals surface area contributed by atoms with Gasteiger partial charge in [-0.25, -0.2) is 0 Å². The average Bonchev–Trinajstić information content (AvgIpc) is 3.21. The number of rotatable bonds is 7. The molecule has 0 fully saturated rings. The first kappa shape index (κ1) is 19.7. The Morgan fingerprint density at radius 3 is 2.54 bits per heavy atom. The first-order valence-corrected chi connectivity index (χ1v) is 9.37. The molecule has 3 aromatic rings. The number of para-hydroxylation sites is 1. The number of hydrogen-bond acceptors (Lipinski definition) is 4. The molecule has 0 bridgehead atoms. The van der Waals surface area contributed by atoms with Crippen LogP contribution in [0.3, 0.4) is 0 Å². The molecule has 0 saturated heterocycles. The molecule has 0 spiro atoms. The van der Waals surface area contributed by atoms with E-state index in [1.807, 2.05) is 12.1 Å². The fraction of sp³-hybridized carbons (Fsp3) is 0.143. The molecule has 28 heavy (non-hydrogen) atoms. The number of furan rings is 1. The summed E-state index contributed by atoms with van der Waals surface area (Å²) in [4.78, 5) is 26.4. The molecule has 0 saturated carbocycles. The average molecular weight is 443 g/mol. The number of amides is 2. The van der Waals surface area contributed by atoms with Gasteiger partial charge in [0.25, 0.3) is 11.8 Å². The number of halogens is 1. The highest BCUT2D eigenvalue weighted by Crippen LogP contribution is 2.21. The Balaban J connectivity index is 1.62. The van der Waals surface area contributed by atoms with Crippen molar-refractivity contribution >= 4 is 33.4 Å². The van der Waals surface area contributed by atoms with E-state index in [4.69, 9.17) is 9.15 Å². The second-order valence-electron chi connectivity index (χ2n) is 6.08. The Morgan fingerprint density at radius 2 is 1.82 bits per heavy atom. The predicted octanol–water partition coefficient (Wildman–Crippen LogP) is 4.33. The predicted molar refractivity (Wildman–Crippen MR) is 109 cm³/mol. The van der Waals surface area contributed by atoms with Gasteiger partial charge in [0.15, 0.2) is 6.61 Å². The molecule has 0 aliphatic rings. The third kappa shape index (κ3) is 5.23. The summed E-state index contributed by atoms with van der Waals surface area (Å²) in [6.07, 6.45) is 1.56. The van der Waals surface area contributed by atoms with Crippen LogP contribution in [0.15, 0.2) is 75.8 Å². The molecule has 2 amide bonds. The standard InChI is InChI=1S/C21H19BrN2O4/c1-24(13-17-5-4-12-27-17)21(26)18-6-2-3-7-19(18)28-14-20(25)23-16-10-8-15(22)9-11-16/h2-12H,13-14H2,1H3,(H,23,25). The molecule has 0 atom stereocenters. The molecule has 0 radical (unpaired) electrons. The minimum Gasteiger partial charge on any atom is -0.483 e. The van der Waals surface area contributed by atoms with Crippen LogP contribution >= 0.6 is 15.9 Å². The fourth-order valence-electron chi connectivity index (χ4n) is 2.56. The van der Waals surface area contributed by atoms with Crippen LogP contribution in [0.2, 0.25) is 0 Å². The molecule has 0 aliphatic carbocycles. The highest BCUT2D eigenvalue weighted by molar-refractivity contribution is 9.10. The molecule has 144 valence electrons. The highest BCUT2D eigenvalue weighted by Gasteiger charge is 2.18. The quantitative estimate of drug-likeness (QED) is 0.590. The molecule has 1 heterocycles. The molecule has 0 unspecified atom stereocenters. The van der Waals surface area contributed by atoms with Gasteiger partial charge in [0, 0.05) is 17.2 Å². The third-order valence-electron chi connectivity index (χ3n) is 3.92. The first-order chi connectivity index (χ1) is 13.5. The van der Waals surface area contributed by atoms with Crippen LogP contribution < -0.4 is 10.1 Å². The monoisotopic (exact) mass is 442 g/mol. The Kier molecular flexibility index (Phi) is 6.49. The first-order valence-electron chi connectivity index (χ1n) is 8.58. The smallest absolute Gasteiger partial charge is 0.262 e. The van der Waals surface area contributed by atoms with Crippen molar-refractivity contribution in [3.8, 4) is 5.75 Å². The summed E-state index contributed by atoms with van der Waals surface area (Å²) in [5.41, 5.74) is 1.05. The summed E-state index contributed by atoms with van der Waals surface area (Å²) in [5.74, 6) is 0.502. The van der Waals surface area contributed by atoms with E-state index in [0.717, 1.165) is 4.47 Å². The highest BCUT2D eigenvalue weighted by atomic mass is 79.9. The van der Waals surface area contributed by atoms with Gasteiger partial charge in [0.2, 0.25) is 0 Å². The normalized spacial score (nSPS) is 10.4. The summed E-state index contributed by atoms with van der Waals surface area (Å²) in [5, 5.41) is 2.75. The summed E-state index contributed by atoms with van der Waals surface area (Å²) in [7, 11) is 1.68. The van der Waals surface area contributed by atoms with Crippen LogP contribution in [0.4, 0.5) is 5.69 Å². The van der Waals surface area contributed by atoms with Gasteiger partial charge in [-0.3, -0.25) is 9.59 Å². The van der Waals surface area contributed by atoms with E-state index in [1.165, 1.54) is 4.90 Å². The zero-order valence-corrected chi connectivity index (χ0v) is 16.8. The number of ether oxygens (including phenoxy) is 1. The summed E-state index contributed by atoms with van der Waals surface area (Å²) >= 11 is 3.35. The van der Waals surface area contributed by atoms with Gasteiger partial charge in [-0.05, 0) is 48.5 Å². The van der Waals surface area contributed by atoms with Crippen molar-refractivity contribution < 1.29 is 18.7 Å². The van der Waals surface area contributed by atoms with E-state index in [2.05, 4.69) is 21.2 Å².